The van der Waals surface area contributed by atoms with Gasteiger partial charge >= 0.3 is 6.09 Å². The van der Waals surface area contributed by atoms with E-state index in [-0.39, 0.29) is 18.3 Å². The van der Waals surface area contributed by atoms with Gasteiger partial charge in [0.25, 0.3) is 5.91 Å². The molecule has 2 heterocycles. The number of hydrogen-bond acceptors (Lipinski definition) is 4. The van der Waals surface area contributed by atoms with Crippen molar-refractivity contribution in [3.8, 4) is 5.69 Å². The maximum absolute atomic E-state index is 13.3. The Morgan fingerprint density at radius 1 is 1.09 bits per heavy atom. The van der Waals surface area contributed by atoms with Crippen LogP contribution in [0.4, 0.5) is 9.18 Å². The molecule has 0 saturated carbocycles. The number of carbonyl (C=O) groups is 3. The van der Waals surface area contributed by atoms with Crippen LogP contribution in [0, 0.1) is 25.6 Å². The summed E-state index contributed by atoms with van der Waals surface area (Å²) < 4.78 is 20.5. The highest BCUT2D eigenvalue weighted by molar-refractivity contribution is 5.97. The highest BCUT2D eigenvalue weighted by Crippen LogP contribution is 2.22. The minimum absolute atomic E-state index is 0.232. The lowest BCUT2D eigenvalue weighted by Gasteiger charge is -2.33. The van der Waals surface area contributed by atoms with Gasteiger partial charge in [-0.1, -0.05) is 0 Å². The Hall–Kier alpha value is -3.36. The summed E-state index contributed by atoms with van der Waals surface area (Å²) in [6.45, 7) is 9.77. The van der Waals surface area contributed by atoms with Crippen molar-refractivity contribution < 1.29 is 23.5 Å². The lowest BCUT2D eigenvalue weighted by atomic mass is 9.98. The van der Waals surface area contributed by atoms with Crippen LogP contribution in [0.2, 0.25) is 0 Å². The number of nitrogens with zero attached hydrogens (tertiary/aromatic N) is 2. The van der Waals surface area contributed by atoms with Gasteiger partial charge in [-0.2, -0.15) is 0 Å². The number of aryl methyl sites for hydroxylation is 1. The van der Waals surface area contributed by atoms with Crippen molar-refractivity contribution in [2.45, 2.75) is 53.1 Å². The van der Waals surface area contributed by atoms with Crippen LogP contribution in [0.3, 0.4) is 0 Å². The molecule has 0 aliphatic carbocycles. The van der Waals surface area contributed by atoms with Gasteiger partial charge in [-0.3, -0.25) is 20.4 Å². The molecule has 33 heavy (non-hydrogen) atoms. The molecule has 2 N–H and O–H groups in total. The molecule has 2 aromatic rings. The summed E-state index contributed by atoms with van der Waals surface area (Å²) >= 11 is 0. The van der Waals surface area contributed by atoms with E-state index in [0.29, 0.717) is 30.6 Å². The van der Waals surface area contributed by atoms with Gasteiger partial charge in [-0.25, -0.2) is 9.18 Å². The highest BCUT2D eigenvalue weighted by Gasteiger charge is 2.31. The van der Waals surface area contributed by atoms with Crippen molar-refractivity contribution in [3.05, 3.63) is 53.1 Å². The molecule has 1 fully saturated rings. The van der Waals surface area contributed by atoms with E-state index < -0.39 is 23.5 Å². The van der Waals surface area contributed by atoms with Crippen LogP contribution >= 0.6 is 0 Å². The van der Waals surface area contributed by atoms with Gasteiger partial charge in [0, 0.05) is 30.2 Å². The zero-order valence-corrected chi connectivity index (χ0v) is 19.7. The molecule has 0 bridgehead atoms. The third-order valence-corrected chi connectivity index (χ3v) is 5.50. The molecule has 3 amide bonds. The van der Waals surface area contributed by atoms with Gasteiger partial charge in [0.05, 0.1) is 11.5 Å². The first-order valence-corrected chi connectivity index (χ1v) is 11.0. The maximum atomic E-state index is 13.3. The van der Waals surface area contributed by atoms with Crippen molar-refractivity contribution in [3.63, 3.8) is 0 Å². The van der Waals surface area contributed by atoms with Crippen molar-refractivity contribution in [2.24, 2.45) is 5.92 Å². The van der Waals surface area contributed by atoms with E-state index in [1.54, 1.807) is 45.9 Å². The number of hydrogen-bond donors (Lipinski definition) is 2. The van der Waals surface area contributed by atoms with Crippen LogP contribution in [-0.2, 0) is 9.53 Å². The third kappa shape index (κ3) is 5.91. The van der Waals surface area contributed by atoms with Crippen LogP contribution in [0.1, 0.15) is 55.4 Å². The molecular weight excluding hydrogens is 427 g/mol. The molecule has 3 rings (SSSR count). The molecular formula is C24H31FN4O4. The van der Waals surface area contributed by atoms with Gasteiger partial charge in [-0.15, -0.1) is 0 Å². The molecule has 0 spiro atoms. The largest absolute Gasteiger partial charge is 0.444 e. The molecule has 178 valence electrons. The molecule has 1 saturated heterocycles. The molecule has 1 aliphatic heterocycles. The van der Waals surface area contributed by atoms with Crippen LogP contribution < -0.4 is 10.9 Å². The van der Waals surface area contributed by atoms with Gasteiger partial charge in [0.2, 0.25) is 5.91 Å². The Bertz CT molecular complexity index is 1040. The monoisotopic (exact) mass is 458 g/mol. The lowest BCUT2D eigenvalue weighted by Crippen LogP contribution is -2.50. The minimum Gasteiger partial charge on any atom is -0.444 e. The van der Waals surface area contributed by atoms with Gasteiger partial charge in [-0.05, 0) is 77.8 Å². The third-order valence-electron chi connectivity index (χ3n) is 5.50. The molecule has 1 unspecified atom stereocenters. The number of benzene rings is 1. The summed E-state index contributed by atoms with van der Waals surface area (Å²) in [4.78, 5) is 39.2. The second-order valence-electron chi connectivity index (χ2n) is 9.31. The van der Waals surface area contributed by atoms with Crippen molar-refractivity contribution in [1.82, 2.24) is 20.3 Å². The van der Waals surface area contributed by atoms with Crippen molar-refractivity contribution in [1.29, 1.82) is 0 Å². The number of ether oxygens (including phenoxy) is 1. The average molecular weight is 459 g/mol. The number of aromatic nitrogens is 1. The Morgan fingerprint density at radius 3 is 2.39 bits per heavy atom. The Balaban J connectivity index is 1.61. The first-order valence-electron chi connectivity index (χ1n) is 11.0. The summed E-state index contributed by atoms with van der Waals surface area (Å²) in [7, 11) is 0. The molecule has 8 nitrogen and oxygen atoms in total. The summed E-state index contributed by atoms with van der Waals surface area (Å²) in [5, 5.41) is 0. The first-order chi connectivity index (χ1) is 15.5. The normalized spacial score (nSPS) is 16.3. The molecule has 1 atom stereocenters. The van der Waals surface area contributed by atoms with Gasteiger partial charge < -0.3 is 14.2 Å². The number of hydrazine groups is 1. The number of amides is 3. The highest BCUT2D eigenvalue weighted by atomic mass is 19.1. The number of likely N-dealkylation sites (tertiary alicyclic amines) is 1. The summed E-state index contributed by atoms with van der Waals surface area (Å²) in [6.07, 6.45) is 0.835. The Morgan fingerprint density at radius 2 is 1.76 bits per heavy atom. The van der Waals surface area contributed by atoms with Crippen LogP contribution in [-0.4, -0.2) is 46.1 Å². The Labute approximate surface area is 193 Å². The summed E-state index contributed by atoms with van der Waals surface area (Å²) in [5.74, 6) is -1.60. The van der Waals surface area contributed by atoms with Gasteiger partial charge in [0.15, 0.2) is 0 Å². The van der Waals surface area contributed by atoms with Crippen molar-refractivity contribution >= 4 is 17.9 Å². The quantitative estimate of drug-likeness (QED) is 0.687. The SMILES string of the molecule is Cc1cc(C(=O)NNC(=O)C2CCCN(C(=O)OC(C)(C)C)C2)c(C)n1-c1ccc(F)cc1. The topological polar surface area (TPSA) is 92.7 Å². The second-order valence-corrected chi connectivity index (χ2v) is 9.31. The van der Waals surface area contributed by atoms with E-state index in [1.807, 2.05) is 11.5 Å². The standard InChI is InChI=1S/C24H31FN4O4/c1-15-13-20(16(2)29(15)19-10-8-18(25)9-11-19)22(31)27-26-21(30)17-7-6-12-28(14-17)23(32)33-24(3,4)5/h8-11,13,17H,6-7,12,14H2,1-5H3,(H,26,30)(H,27,31). The first kappa shape index (κ1) is 24.3. The lowest BCUT2D eigenvalue weighted by molar-refractivity contribution is -0.127. The number of carbonyl (C=O) groups excluding carboxylic acids is 3. The molecule has 1 aliphatic rings. The maximum Gasteiger partial charge on any atom is 0.410 e. The molecule has 0 radical (unpaired) electrons. The fourth-order valence-corrected chi connectivity index (χ4v) is 3.95. The van der Waals surface area contributed by atoms with E-state index in [4.69, 9.17) is 4.74 Å². The number of rotatable bonds is 3. The van der Waals surface area contributed by atoms with Gasteiger partial charge in [0.1, 0.15) is 11.4 Å². The van der Waals surface area contributed by atoms with E-state index in [0.717, 1.165) is 11.4 Å². The molecule has 1 aromatic carbocycles. The van der Waals surface area contributed by atoms with Crippen LogP contribution in [0.5, 0.6) is 0 Å². The summed E-state index contributed by atoms with van der Waals surface area (Å²) in [5.41, 5.74) is 6.95. The molecule has 1 aromatic heterocycles. The average Bonchev–Trinajstić information content (AvgIpc) is 3.05. The predicted molar refractivity (Wildman–Crippen MR) is 121 cm³/mol. The number of halogens is 1. The van der Waals surface area contributed by atoms with Crippen molar-refractivity contribution in [2.75, 3.05) is 13.1 Å². The molecule has 9 heteroatoms. The number of piperidine rings is 1. The zero-order chi connectivity index (χ0) is 24.3. The van der Waals surface area contributed by atoms with E-state index in [1.165, 1.54) is 17.0 Å². The Kier molecular flexibility index (Phi) is 7.09. The zero-order valence-electron chi connectivity index (χ0n) is 19.7. The van der Waals surface area contributed by atoms with Crippen LogP contribution in [0.15, 0.2) is 30.3 Å². The minimum atomic E-state index is -0.611. The smallest absolute Gasteiger partial charge is 0.410 e. The van der Waals surface area contributed by atoms with E-state index in [9.17, 15) is 18.8 Å². The van der Waals surface area contributed by atoms with Crippen LogP contribution in [0.25, 0.3) is 5.69 Å². The van der Waals surface area contributed by atoms with E-state index in [2.05, 4.69) is 10.9 Å². The second kappa shape index (κ2) is 9.64. The fourth-order valence-electron chi connectivity index (χ4n) is 3.95. The summed E-state index contributed by atoms with van der Waals surface area (Å²) in [6, 6.07) is 7.71. The van der Waals surface area contributed by atoms with E-state index >= 15 is 0 Å². The fraction of sp³-hybridized carbons (Fsp3) is 0.458. The predicted octanol–water partition coefficient (Wildman–Crippen LogP) is 3.64. The number of nitrogens with one attached hydrogen (secondary N) is 2.